The number of rotatable bonds is 3. The minimum Gasteiger partial charge on any atom is -0.496 e. The van der Waals surface area contributed by atoms with Gasteiger partial charge in [-0.15, -0.1) is 0 Å². The van der Waals surface area contributed by atoms with Gasteiger partial charge in [0, 0.05) is 12.6 Å². The third-order valence-electron chi connectivity index (χ3n) is 3.22. The Labute approximate surface area is 107 Å². The SMILES string of the molecule is CNc1nc(-c2ccc(OC)c(C)c2C)c(C)o1. The fourth-order valence-corrected chi connectivity index (χ4v) is 2.03. The van der Waals surface area contributed by atoms with Gasteiger partial charge >= 0.3 is 0 Å². The maximum Gasteiger partial charge on any atom is 0.295 e. The zero-order valence-corrected chi connectivity index (χ0v) is 11.4. The van der Waals surface area contributed by atoms with Crippen LogP contribution in [-0.4, -0.2) is 19.1 Å². The van der Waals surface area contributed by atoms with Gasteiger partial charge in [-0.05, 0) is 44.0 Å². The van der Waals surface area contributed by atoms with E-state index >= 15 is 0 Å². The van der Waals surface area contributed by atoms with Crippen molar-refractivity contribution in [3.05, 3.63) is 29.0 Å². The molecule has 0 saturated carbocycles. The van der Waals surface area contributed by atoms with Crippen LogP contribution in [0.25, 0.3) is 11.3 Å². The Bertz CT molecular complexity index is 573. The zero-order chi connectivity index (χ0) is 13.3. The topological polar surface area (TPSA) is 47.3 Å². The molecule has 1 heterocycles. The lowest BCUT2D eigenvalue weighted by molar-refractivity contribution is 0.411. The van der Waals surface area contributed by atoms with E-state index in [4.69, 9.17) is 9.15 Å². The highest BCUT2D eigenvalue weighted by Crippen LogP contribution is 2.33. The van der Waals surface area contributed by atoms with Crippen molar-refractivity contribution >= 4 is 6.01 Å². The Morgan fingerprint density at radius 1 is 1.17 bits per heavy atom. The lowest BCUT2D eigenvalue weighted by Crippen LogP contribution is -1.94. The number of aromatic nitrogens is 1. The van der Waals surface area contributed by atoms with Gasteiger partial charge in [0.1, 0.15) is 17.2 Å². The van der Waals surface area contributed by atoms with Crippen LogP contribution in [0.1, 0.15) is 16.9 Å². The summed E-state index contributed by atoms with van der Waals surface area (Å²) < 4.78 is 10.8. The molecule has 0 amide bonds. The number of nitrogens with one attached hydrogen (secondary N) is 1. The van der Waals surface area contributed by atoms with Crippen LogP contribution in [-0.2, 0) is 0 Å². The van der Waals surface area contributed by atoms with Gasteiger partial charge in [0.2, 0.25) is 0 Å². The number of nitrogens with zero attached hydrogens (tertiary/aromatic N) is 1. The van der Waals surface area contributed by atoms with Gasteiger partial charge in [-0.25, -0.2) is 0 Å². The molecule has 0 saturated heterocycles. The van der Waals surface area contributed by atoms with E-state index in [-0.39, 0.29) is 0 Å². The zero-order valence-electron chi connectivity index (χ0n) is 11.4. The summed E-state index contributed by atoms with van der Waals surface area (Å²) in [7, 11) is 3.48. The number of oxazole rings is 1. The van der Waals surface area contributed by atoms with Crippen molar-refractivity contribution in [2.75, 3.05) is 19.5 Å². The van der Waals surface area contributed by atoms with Gasteiger partial charge in [-0.1, -0.05) is 0 Å². The summed E-state index contributed by atoms with van der Waals surface area (Å²) in [6.45, 7) is 6.04. The molecule has 0 fully saturated rings. The molecule has 1 aromatic carbocycles. The average Bonchev–Trinajstić information content (AvgIpc) is 2.74. The van der Waals surface area contributed by atoms with Gasteiger partial charge in [-0.2, -0.15) is 4.98 Å². The van der Waals surface area contributed by atoms with Crippen LogP contribution in [0.2, 0.25) is 0 Å². The Morgan fingerprint density at radius 3 is 2.44 bits per heavy atom. The summed E-state index contributed by atoms with van der Waals surface area (Å²) in [5, 5.41) is 2.91. The summed E-state index contributed by atoms with van der Waals surface area (Å²) in [6, 6.07) is 4.52. The molecule has 2 aromatic rings. The molecule has 0 radical (unpaired) electrons. The standard InChI is InChI=1S/C14H18N2O2/c1-8-9(2)12(17-5)7-6-11(8)13-10(3)18-14(15-4)16-13/h6-7H,1-5H3,(H,15,16). The van der Waals surface area contributed by atoms with Crippen LogP contribution >= 0.6 is 0 Å². The van der Waals surface area contributed by atoms with Gasteiger partial charge in [-0.3, -0.25) is 0 Å². The summed E-state index contributed by atoms with van der Waals surface area (Å²) in [6.07, 6.45) is 0. The van der Waals surface area contributed by atoms with E-state index < -0.39 is 0 Å². The van der Waals surface area contributed by atoms with Crippen molar-refractivity contribution in [2.24, 2.45) is 0 Å². The smallest absolute Gasteiger partial charge is 0.295 e. The van der Waals surface area contributed by atoms with Crippen molar-refractivity contribution in [2.45, 2.75) is 20.8 Å². The third kappa shape index (κ3) is 1.94. The van der Waals surface area contributed by atoms with E-state index in [0.29, 0.717) is 6.01 Å². The molecule has 4 heteroatoms. The van der Waals surface area contributed by atoms with Crippen molar-refractivity contribution < 1.29 is 9.15 Å². The van der Waals surface area contributed by atoms with Gasteiger partial charge in [0.25, 0.3) is 6.01 Å². The second-order valence-electron chi connectivity index (χ2n) is 4.24. The number of methoxy groups -OCH3 is 1. The Kier molecular flexibility index (Phi) is 3.28. The van der Waals surface area contributed by atoms with E-state index in [9.17, 15) is 0 Å². The first-order chi connectivity index (χ1) is 8.58. The predicted octanol–water partition coefficient (Wildman–Crippen LogP) is 3.32. The Morgan fingerprint density at radius 2 is 1.89 bits per heavy atom. The molecule has 0 bridgehead atoms. The first kappa shape index (κ1) is 12.5. The highest BCUT2D eigenvalue weighted by Gasteiger charge is 2.15. The van der Waals surface area contributed by atoms with Crippen molar-refractivity contribution in [1.82, 2.24) is 4.98 Å². The fourth-order valence-electron chi connectivity index (χ4n) is 2.03. The lowest BCUT2D eigenvalue weighted by Gasteiger charge is -2.11. The maximum atomic E-state index is 5.52. The molecule has 0 unspecified atom stereocenters. The van der Waals surface area contributed by atoms with Gasteiger partial charge < -0.3 is 14.5 Å². The molecular weight excluding hydrogens is 228 g/mol. The first-order valence-corrected chi connectivity index (χ1v) is 5.88. The third-order valence-corrected chi connectivity index (χ3v) is 3.22. The average molecular weight is 246 g/mol. The minimum absolute atomic E-state index is 0.537. The number of hydrogen-bond donors (Lipinski definition) is 1. The maximum absolute atomic E-state index is 5.52. The Balaban J connectivity index is 2.57. The summed E-state index contributed by atoms with van der Waals surface area (Å²) in [4.78, 5) is 4.44. The van der Waals surface area contributed by atoms with E-state index in [1.165, 1.54) is 0 Å². The number of ether oxygens (including phenoxy) is 1. The number of benzene rings is 1. The summed E-state index contributed by atoms with van der Waals surface area (Å²) in [5.74, 6) is 1.71. The second-order valence-corrected chi connectivity index (χ2v) is 4.24. The van der Waals surface area contributed by atoms with Crippen molar-refractivity contribution in [3.63, 3.8) is 0 Å². The van der Waals surface area contributed by atoms with Crippen LogP contribution in [0.15, 0.2) is 16.5 Å². The van der Waals surface area contributed by atoms with Crippen LogP contribution in [0, 0.1) is 20.8 Å². The van der Waals surface area contributed by atoms with Crippen LogP contribution in [0.4, 0.5) is 6.01 Å². The lowest BCUT2D eigenvalue weighted by atomic mass is 9.99. The van der Waals surface area contributed by atoms with E-state index in [1.54, 1.807) is 14.2 Å². The molecule has 2 rings (SSSR count). The molecule has 4 nitrogen and oxygen atoms in total. The molecule has 0 atom stereocenters. The number of anilines is 1. The molecular formula is C14H18N2O2. The number of aryl methyl sites for hydroxylation is 1. The van der Waals surface area contributed by atoms with Gasteiger partial charge in [0.05, 0.1) is 7.11 Å². The molecule has 0 aliphatic heterocycles. The molecule has 1 N–H and O–H groups in total. The number of hydrogen-bond acceptors (Lipinski definition) is 4. The fraction of sp³-hybridized carbons (Fsp3) is 0.357. The monoisotopic (exact) mass is 246 g/mol. The minimum atomic E-state index is 0.537. The first-order valence-electron chi connectivity index (χ1n) is 5.88. The van der Waals surface area contributed by atoms with Crippen LogP contribution in [0.3, 0.4) is 0 Å². The summed E-state index contributed by atoms with van der Waals surface area (Å²) in [5.41, 5.74) is 4.25. The highest BCUT2D eigenvalue weighted by molar-refractivity contribution is 5.69. The van der Waals surface area contributed by atoms with Gasteiger partial charge in [0.15, 0.2) is 0 Å². The molecule has 0 aliphatic rings. The molecule has 0 aliphatic carbocycles. The molecule has 18 heavy (non-hydrogen) atoms. The van der Waals surface area contributed by atoms with Crippen LogP contribution < -0.4 is 10.1 Å². The highest BCUT2D eigenvalue weighted by atomic mass is 16.5. The normalized spacial score (nSPS) is 10.5. The van der Waals surface area contributed by atoms with Crippen molar-refractivity contribution in [1.29, 1.82) is 0 Å². The predicted molar refractivity (Wildman–Crippen MR) is 72.2 cm³/mol. The molecule has 0 spiro atoms. The van der Waals surface area contributed by atoms with E-state index in [1.807, 2.05) is 26.0 Å². The quantitative estimate of drug-likeness (QED) is 0.902. The summed E-state index contributed by atoms with van der Waals surface area (Å²) >= 11 is 0. The van der Waals surface area contributed by atoms with Crippen molar-refractivity contribution in [3.8, 4) is 17.0 Å². The molecule has 1 aromatic heterocycles. The second kappa shape index (κ2) is 4.72. The van der Waals surface area contributed by atoms with Crippen LogP contribution in [0.5, 0.6) is 5.75 Å². The largest absolute Gasteiger partial charge is 0.496 e. The Hall–Kier alpha value is -1.97. The van der Waals surface area contributed by atoms with E-state index in [0.717, 1.165) is 33.9 Å². The molecule has 96 valence electrons. The van der Waals surface area contributed by atoms with E-state index in [2.05, 4.69) is 17.2 Å².